The van der Waals surface area contributed by atoms with Crippen molar-refractivity contribution in [3.05, 3.63) is 22.7 Å². The number of halogens is 2. The maximum atomic E-state index is 11.1. The van der Waals surface area contributed by atoms with Crippen LogP contribution in [-0.2, 0) is 9.05 Å². The molecule has 0 aliphatic rings. The zero-order chi connectivity index (χ0) is 10.9. The molecule has 0 atom stereocenters. The lowest BCUT2D eigenvalue weighted by Crippen LogP contribution is -1.98. The quantitative estimate of drug-likeness (QED) is 0.763. The standard InChI is InChI=1S/C8H8Cl2O3S/c1-5-6(9)3-4-7(8(5)13-2)14(10,11)12/h3-4H,1-2H3. The van der Waals surface area contributed by atoms with E-state index < -0.39 is 9.05 Å². The van der Waals surface area contributed by atoms with E-state index in [0.29, 0.717) is 10.6 Å². The Morgan fingerprint density at radius 3 is 2.36 bits per heavy atom. The average molecular weight is 255 g/mol. The van der Waals surface area contributed by atoms with Gasteiger partial charge >= 0.3 is 0 Å². The SMILES string of the molecule is COc1c(S(=O)(=O)Cl)ccc(Cl)c1C. The first kappa shape index (κ1) is 11.6. The van der Waals surface area contributed by atoms with Gasteiger partial charge in [0, 0.05) is 21.3 Å². The second-order valence-electron chi connectivity index (χ2n) is 2.64. The van der Waals surface area contributed by atoms with Crippen molar-refractivity contribution in [2.24, 2.45) is 0 Å². The van der Waals surface area contributed by atoms with Gasteiger partial charge in [0.25, 0.3) is 9.05 Å². The Labute approximate surface area is 92.0 Å². The minimum atomic E-state index is -3.80. The zero-order valence-electron chi connectivity index (χ0n) is 7.54. The van der Waals surface area contributed by atoms with Crippen molar-refractivity contribution in [3.63, 3.8) is 0 Å². The molecule has 0 amide bonds. The molecule has 0 aliphatic heterocycles. The van der Waals surface area contributed by atoms with Crippen molar-refractivity contribution in [1.82, 2.24) is 0 Å². The monoisotopic (exact) mass is 254 g/mol. The van der Waals surface area contributed by atoms with Crippen LogP contribution in [0.1, 0.15) is 5.56 Å². The molecule has 1 aromatic rings. The number of hydrogen-bond donors (Lipinski definition) is 0. The van der Waals surface area contributed by atoms with Crippen molar-refractivity contribution in [3.8, 4) is 5.75 Å². The lowest BCUT2D eigenvalue weighted by atomic mass is 10.2. The Bertz CT molecular complexity index is 454. The Balaban J connectivity index is 3.55. The van der Waals surface area contributed by atoms with Gasteiger partial charge in [-0.25, -0.2) is 8.42 Å². The summed E-state index contributed by atoms with van der Waals surface area (Å²) in [6.07, 6.45) is 0. The second kappa shape index (κ2) is 3.96. The summed E-state index contributed by atoms with van der Waals surface area (Å²) in [6.45, 7) is 1.66. The van der Waals surface area contributed by atoms with Crippen LogP contribution in [0.4, 0.5) is 0 Å². The van der Waals surface area contributed by atoms with Crippen molar-refractivity contribution in [2.45, 2.75) is 11.8 Å². The van der Waals surface area contributed by atoms with Crippen molar-refractivity contribution < 1.29 is 13.2 Å². The zero-order valence-corrected chi connectivity index (χ0v) is 9.87. The molecular weight excluding hydrogens is 247 g/mol. The topological polar surface area (TPSA) is 43.4 Å². The second-order valence-corrected chi connectivity index (χ2v) is 5.58. The smallest absolute Gasteiger partial charge is 0.264 e. The van der Waals surface area contributed by atoms with Gasteiger partial charge in [-0.2, -0.15) is 0 Å². The van der Waals surface area contributed by atoms with Gasteiger partial charge in [-0.05, 0) is 19.1 Å². The van der Waals surface area contributed by atoms with E-state index >= 15 is 0 Å². The van der Waals surface area contributed by atoms with E-state index in [-0.39, 0.29) is 10.6 Å². The van der Waals surface area contributed by atoms with Gasteiger partial charge in [0.15, 0.2) is 0 Å². The number of benzene rings is 1. The third kappa shape index (κ3) is 2.13. The van der Waals surface area contributed by atoms with Crippen LogP contribution in [0.3, 0.4) is 0 Å². The molecule has 0 aromatic heterocycles. The van der Waals surface area contributed by atoms with Crippen LogP contribution < -0.4 is 4.74 Å². The predicted molar refractivity (Wildman–Crippen MR) is 55.8 cm³/mol. The highest BCUT2D eigenvalue weighted by molar-refractivity contribution is 8.13. The van der Waals surface area contributed by atoms with E-state index in [9.17, 15) is 8.42 Å². The van der Waals surface area contributed by atoms with E-state index in [1.165, 1.54) is 19.2 Å². The summed E-state index contributed by atoms with van der Waals surface area (Å²) >= 11 is 5.80. The average Bonchev–Trinajstić information content (AvgIpc) is 2.07. The minimum Gasteiger partial charge on any atom is -0.495 e. The van der Waals surface area contributed by atoms with Gasteiger partial charge < -0.3 is 4.74 Å². The summed E-state index contributed by atoms with van der Waals surface area (Å²) in [5, 5.41) is 0.436. The molecule has 1 aromatic carbocycles. The Morgan fingerprint density at radius 1 is 1.36 bits per heavy atom. The Hall–Kier alpha value is -0.450. The van der Waals surface area contributed by atoms with Crippen LogP contribution in [0.5, 0.6) is 5.75 Å². The van der Waals surface area contributed by atoms with Crippen LogP contribution >= 0.6 is 22.3 Å². The summed E-state index contributed by atoms with van der Waals surface area (Å²) in [4.78, 5) is -0.0661. The predicted octanol–water partition coefficient (Wildman–Crippen LogP) is 2.58. The fourth-order valence-corrected chi connectivity index (χ4v) is 2.29. The van der Waals surface area contributed by atoms with Crippen LogP contribution in [-0.4, -0.2) is 15.5 Å². The van der Waals surface area contributed by atoms with Crippen molar-refractivity contribution >= 4 is 31.3 Å². The molecule has 1 rings (SSSR count). The Kier molecular flexibility index (Phi) is 3.29. The largest absolute Gasteiger partial charge is 0.495 e. The van der Waals surface area contributed by atoms with Crippen LogP contribution in [0.25, 0.3) is 0 Å². The van der Waals surface area contributed by atoms with E-state index in [2.05, 4.69) is 0 Å². The summed E-state index contributed by atoms with van der Waals surface area (Å²) < 4.78 is 27.2. The molecule has 0 bridgehead atoms. The fourth-order valence-electron chi connectivity index (χ4n) is 1.09. The first-order valence-electron chi connectivity index (χ1n) is 3.65. The number of methoxy groups -OCH3 is 1. The molecule has 0 saturated carbocycles. The number of hydrogen-bond acceptors (Lipinski definition) is 3. The van der Waals surface area contributed by atoms with Crippen molar-refractivity contribution in [2.75, 3.05) is 7.11 Å². The summed E-state index contributed by atoms with van der Waals surface area (Å²) in [6, 6.07) is 2.78. The molecule has 0 radical (unpaired) electrons. The van der Waals surface area contributed by atoms with Gasteiger partial charge in [0.1, 0.15) is 10.6 Å². The van der Waals surface area contributed by atoms with Gasteiger partial charge in [-0.3, -0.25) is 0 Å². The number of rotatable bonds is 2. The maximum absolute atomic E-state index is 11.1. The molecule has 78 valence electrons. The molecule has 0 unspecified atom stereocenters. The molecule has 14 heavy (non-hydrogen) atoms. The highest BCUT2D eigenvalue weighted by atomic mass is 35.7. The molecule has 3 nitrogen and oxygen atoms in total. The molecule has 0 N–H and O–H groups in total. The van der Waals surface area contributed by atoms with Gasteiger partial charge in [0.05, 0.1) is 7.11 Å². The fraction of sp³-hybridized carbons (Fsp3) is 0.250. The van der Waals surface area contributed by atoms with E-state index in [4.69, 9.17) is 27.0 Å². The lowest BCUT2D eigenvalue weighted by Gasteiger charge is -2.09. The Morgan fingerprint density at radius 2 is 1.93 bits per heavy atom. The molecule has 0 saturated heterocycles. The van der Waals surface area contributed by atoms with Crippen LogP contribution in [0.2, 0.25) is 5.02 Å². The molecular formula is C8H8Cl2O3S. The highest BCUT2D eigenvalue weighted by Gasteiger charge is 2.19. The molecule has 6 heteroatoms. The van der Waals surface area contributed by atoms with E-state index in [0.717, 1.165) is 0 Å². The van der Waals surface area contributed by atoms with Gasteiger partial charge in [0.2, 0.25) is 0 Å². The minimum absolute atomic E-state index is 0.0661. The molecule has 0 heterocycles. The number of ether oxygens (including phenoxy) is 1. The first-order valence-corrected chi connectivity index (χ1v) is 6.34. The van der Waals surface area contributed by atoms with E-state index in [1.54, 1.807) is 6.92 Å². The third-order valence-electron chi connectivity index (χ3n) is 1.77. The van der Waals surface area contributed by atoms with Crippen LogP contribution in [0, 0.1) is 6.92 Å². The molecule has 0 fully saturated rings. The van der Waals surface area contributed by atoms with E-state index in [1.807, 2.05) is 0 Å². The normalized spacial score (nSPS) is 11.4. The maximum Gasteiger partial charge on any atom is 0.264 e. The lowest BCUT2D eigenvalue weighted by molar-refractivity contribution is 0.400. The van der Waals surface area contributed by atoms with Gasteiger partial charge in [-0.1, -0.05) is 11.6 Å². The third-order valence-corrected chi connectivity index (χ3v) is 3.53. The summed E-state index contributed by atoms with van der Waals surface area (Å²) in [7, 11) is 2.78. The highest BCUT2D eigenvalue weighted by Crippen LogP contribution is 2.34. The molecule has 0 aliphatic carbocycles. The first-order chi connectivity index (χ1) is 6.38. The van der Waals surface area contributed by atoms with Gasteiger partial charge in [-0.15, -0.1) is 0 Å². The summed E-state index contributed by atoms with van der Waals surface area (Å²) in [5.74, 6) is 0.188. The van der Waals surface area contributed by atoms with Crippen molar-refractivity contribution in [1.29, 1.82) is 0 Å². The summed E-state index contributed by atoms with van der Waals surface area (Å²) in [5.41, 5.74) is 0.552. The molecule has 0 spiro atoms. The van der Waals surface area contributed by atoms with Crippen LogP contribution in [0.15, 0.2) is 17.0 Å².